The van der Waals surface area contributed by atoms with Crippen LogP contribution < -0.4 is 10.6 Å². The van der Waals surface area contributed by atoms with Crippen LogP contribution in [0.3, 0.4) is 0 Å². The molecule has 1 aromatic rings. The molecule has 1 aromatic heterocycles. The number of hydrogen-bond donors (Lipinski definition) is 1. The van der Waals surface area contributed by atoms with Crippen LogP contribution >= 0.6 is 0 Å². The summed E-state index contributed by atoms with van der Waals surface area (Å²) in [5, 5.41) is 0. The quantitative estimate of drug-likeness (QED) is 0.903. The summed E-state index contributed by atoms with van der Waals surface area (Å²) >= 11 is 0. The third-order valence-electron chi connectivity index (χ3n) is 3.72. The van der Waals surface area contributed by atoms with Gasteiger partial charge in [-0.2, -0.15) is 0 Å². The Morgan fingerprint density at radius 3 is 2.40 bits per heavy atom. The second-order valence-corrected chi connectivity index (χ2v) is 4.87. The van der Waals surface area contributed by atoms with E-state index in [1.54, 1.807) is 6.20 Å². The van der Waals surface area contributed by atoms with E-state index < -0.39 is 0 Å². The Balaban J connectivity index is 1.92. The minimum Gasteiger partial charge on any atom is -0.384 e. The first kappa shape index (κ1) is 14.4. The summed E-state index contributed by atoms with van der Waals surface area (Å²) in [7, 11) is 0. The van der Waals surface area contributed by atoms with Gasteiger partial charge in [0.2, 0.25) is 0 Å². The van der Waals surface area contributed by atoms with Gasteiger partial charge in [0.1, 0.15) is 5.82 Å². The zero-order valence-corrected chi connectivity index (χ0v) is 12.2. The van der Waals surface area contributed by atoms with Crippen LogP contribution in [0.4, 0.5) is 16.3 Å². The van der Waals surface area contributed by atoms with Crippen LogP contribution in [-0.4, -0.2) is 60.1 Å². The fourth-order valence-electron chi connectivity index (χ4n) is 2.43. The summed E-state index contributed by atoms with van der Waals surface area (Å²) in [5.41, 5.74) is 6.66. The summed E-state index contributed by atoms with van der Waals surface area (Å²) in [6.45, 7) is 8.71. The first-order valence-corrected chi connectivity index (χ1v) is 7.16. The molecule has 20 heavy (non-hydrogen) atoms. The van der Waals surface area contributed by atoms with Crippen LogP contribution in [0.2, 0.25) is 0 Å². The molecular weight excluding hydrogens is 254 g/mol. The molecule has 2 N–H and O–H groups in total. The highest BCUT2D eigenvalue weighted by molar-refractivity contribution is 5.74. The van der Waals surface area contributed by atoms with Gasteiger partial charge in [0.05, 0.1) is 11.9 Å². The van der Waals surface area contributed by atoms with Crippen molar-refractivity contribution in [3.8, 4) is 0 Å². The molecule has 2 amide bonds. The van der Waals surface area contributed by atoms with Crippen molar-refractivity contribution in [2.75, 3.05) is 49.9 Å². The predicted octanol–water partition coefficient (Wildman–Crippen LogP) is 1.25. The monoisotopic (exact) mass is 277 g/mol. The molecule has 0 bridgehead atoms. The molecule has 1 fully saturated rings. The van der Waals surface area contributed by atoms with Crippen molar-refractivity contribution in [3.63, 3.8) is 0 Å². The molecule has 1 aliphatic rings. The SMILES string of the molecule is CCN(CC)C(=O)N1CCN(c2ccc(N)nc2)CC1. The molecule has 0 aromatic carbocycles. The highest BCUT2D eigenvalue weighted by Crippen LogP contribution is 2.16. The number of urea groups is 1. The molecule has 0 radical (unpaired) electrons. The average Bonchev–Trinajstić information content (AvgIpc) is 2.49. The fourth-order valence-corrected chi connectivity index (χ4v) is 2.43. The first-order valence-electron chi connectivity index (χ1n) is 7.16. The zero-order valence-electron chi connectivity index (χ0n) is 12.2. The zero-order chi connectivity index (χ0) is 14.5. The maximum Gasteiger partial charge on any atom is 0.320 e. The van der Waals surface area contributed by atoms with Crippen LogP contribution in [0.1, 0.15) is 13.8 Å². The van der Waals surface area contributed by atoms with Gasteiger partial charge in [0.15, 0.2) is 0 Å². The third kappa shape index (κ3) is 3.12. The summed E-state index contributed by atoms with van der Waals surface area (Å²) < 4.78 is 0. The number of nitrogens with two attached hydrogens (primary N) is 1. The molecule has 1 saturated heterocycles. The highest BCUT2D eigenvalue weighted by Gasteiger charge is 2.23. The van der Waals surface area contributed by atoms with E-state index in [-0.39, 0.29) is 6.03 Å². The molecule has 2 rings (SSSR count). The predicted molar refractivity (Wildman–Crippen MR) is 80.8 cm³/mol. The lowest BCUT2D eigenvalue weighted by Crippen LogP contribution is -2.52. The van der Waals surface area contributed by atoms with Crippen molar-refractivity contribution in [1.29, 1.82) is 0 Å². The standard InChI is InChI=1S/C14H23N5O/c1-3-17(4-2)14(20)19-9-7-18(8-10-19)12-5-6-13(15)16-11-12/h5-6,11H,3-4,7-10H2,1-2H3,(H2,15,16). The Morgan fingerprint density at radius 1 is 1.25 bits per heavy atom. The maximum atomic E-state index is 12.3. The lowest BCUT2D eigenvalue weighted by molar-refractivity contribution is 0.154. The maximum absolute atomic E-state index is 12.3. The fraction of sp³-hybridized carbons (Fsp3) is 0.571. The molecule has 0 spiro atoms. The number of pyridine rings is 1. The van der Waals surface area contributed by atoms with Crippen molar-refractivity contribution < 1.29 is 4.79 Å². The van der Waals surface area contributed by atoms with E-state index in [1.807, 2.05) is 35.8 Å². The van der Waals surface area contributed by atoms with Crippen molar-refractivity contribution in [1.82, 2.24) is 14.8 Å². The lowest BCUT2D eigenvalue weighted by atomic mass is 10.3. The Bertz CT molecular complexity index is 435. The molecular formula is C14H23N5O. The van der Waals surface area contributed by atoms with E-state index in [0.29, 0.717) is 5.82 Å². The Hall–Kier alpha value is -1.98. The van der Waals surface area contributed by atoms with Crippen LogP contribution in [-0.2, 0) is 0 Å². The van der Waals surface area contributed by atoms with Crippen molar-refractivity contribution in [3.05, 3.63) is 18.3 Å². The van der Waals surface area contributed by atoms with Crippen LogP contribution in [0.5, 0.6) is 0 Å². The van der Waals surface area contributed by atoms with Gasteiger partial charge in [0.25, 0.3) is 0 Å². The number of rotatable bonds is 3. The van der Waals surface area contributed by atoms with Crippen LogP contribution in [0.15, 0.2) is 18.3 Å². The number of anilines is 2. The van der Waals surface area contributed by atoms with Gasteiger partial charge >= 0.3 is 6.03 Å². The Kier molecular flexibility index (Phi) is 4.65. The van der Waals surface area contributed by atoms with Crippen molar-refractivity contribution >= 4 is 17.5 Å². The number of nitrogens with zero attached hydrogens (tertiary/aromatic N) is 4. The van der Waals surface area contributed by atoms with Gasteiger partial charge in [-0.3, -0.25) is 0 Å². The summed E-state index contributed by atoms with van der Waals surface area (Å²) in [4.78, 5) is 22.4. The van der Waals surface area contributed by atoms with E-state index in [1.165, 1.54) is 0 Å². The molecule has 0 aliphatic carbocycles. The van der Waals surface area contributed by atoms with E-state index in [2.05, 4.69) is 9.88 Å². The van der Waals surface area contributed by atoms with E-state index in [0.717, 1.165) is 45.0 Å². The van der Waals surface area contributed by atoms with Gasteiger partial charge in [-0.25, -0.2) is 9.78 Å². The summed E-state index contributed by atoms with van der Waals surface area (Å²) in [6.07, 6.45) is 1.79. The number of carbonyl (C=O) groups is 1. The lowest BCUT2D eigenvalue weighted by Gasteiger charge is -2.38. The first-order chi connectivity index (χ1) is 9.65. The Labute approximate surface area is 120 Å². The number of carbonyl (C=O) groups excluding carboxylic acids is 1. The molecule has 1 aliphatic heterocycles. The molecule has 6 nitrogen and oxygen atoms in total. The Morgan fingerprint density at radius 2 is 1.90 bits per heavy atom. The second-order valence-electron chi connectivity index (χ2n) is 4.87. The van der Waals surface area contributed by atoms with Crippen molar-refractivity contribution in [2.24, 2.45) is 0 Å². The smallest absolute Gasteiger partial charge is 0.320 e. The summed E-state index contributed by atoms with van der Waals surface area (Å²) in [5.74, 6) is 0.532. The van der Waals surface area contributed by atoms with Crippen LogP contribution in [0, 0.1) is 0 Å². The number of nitrogen functional groups attached to an aromatic ring is 1. The highest BCUT2D eigenvalue weighted by atomic mass is 16.2. The minimum absolute atomic E-state index is 0.144. The number of piperazine rings is 1. The average molecular weight is 277 g/mol. The molecule has 6 heteroatoms. The minimum atomic E-state index is 0.144. The van der Waals surface area contributed by atoms with Gasteiger partial charge in [-0.05, 0) is 26.0 Å². The molecule has 2 heterocycles. The largest absolute Gasteiger partial charge is 0.384 e. The van der Waals surface area contributed by atoms with E-state index in [9.17, 15) is 4.79 Å². The molecule has 0 unspecified atom stereocenters. The number of aromatic nitrogens is 1. The van der Waals surface area contributed by atoms with E-state index >= 15 is 0 Å². The topological polar surface area (TPSA) is 65.7 Å². The molecule has 110 valence electrons. The van der Waals surface area contributed by atoms with Crippen LogP contribution in [0.25, 0.3) is 0 Å². The third-order valence-corrected chi connectivity index (χ3v) is 3.72. The summed E-state index contributed by atoms with van der Waals surface area (Å²) in [6, 6.07) is 3.93. The molecule has 0 atom stereocenters. The number of hydrogen-bond acceptors (Lipinski definition) is 4. The van der Waals surface area contributed by atoms with Gasteiger partial charge in [0, 0.05) is 39.3 Å². The second kappa shape index (κ2) is 6.45. The normalized spacial score (nSPS) is 15.3. The molecule has 0 saturated carbocycles. The van der Waals surface area contributed by atoms with Gasteiger partial charge < -0.3 is 20.4 Å². The number of amides is 2. The van der Waals surface area contributed by atoms with Gasteiger partial charge in [-0.1, -0.05) is 0 Å². The van der Waals surface area contributed by atoms with Gasteiger partial charge in [-0.15, -0.1) is 0 Å². The van der Waals surface area contributed by atoms with Crippen molar-refractivity contribution in [2.45, 2.75) is 13.8 Å². The van der Waals surface area contributed by atoms with E-state index in [4.69, 9.17) is 5.73 Å².